The van der Waals surface area contributed by atoms with Gasteiger partial charge in [0.2, 0.25) is 5.91 Å². The van der Waals surface area contributed by atoms with E-state index >= 15 is 0 Å². The Morgan fingerprint density at radius 1 is 1.58 bits per heavy atom. The molecule has 1 heterocycles. The average molecular weight is 187 g/mol. The zero-order valence-electron chi connectivity index (χ0n) is 7.64. The molecule has 0 aromatic rings. The molecule has 3 heteroatoms. The van der Waals surface area contributed by atoms with Crippen molar-refractivity contribution in [3.63, 3.8) is 0 Å². The lowest BCUT2D eigenvalue weighted by Crippen LogP contribution is -2.27. The Hall–Kier alpha value is -0.180. The molecular weight excluding hydrogens is 170 g/mol. The Morgan fingerprint density at radius 3 is 3.08 bits per heavy atom. The lowest BCUT2D eigenvalue weighted by atomic mass is 9.99. The van der Waals surface area contributed by atoms with E-state index in [1.807, 2.05) is 0 Å². The fourth-order valence-corrected chi connectivity index (χ4v) is 2.32. The van der Waals surface area contributed by atoms with Crippen molar-refractivity contribution >= 4 is 17.9 Å². The van der Waals surface area contributed by atoms with Crippen molar-refractivity contribution in [3.8, 4) is 0 Å². The number of amides is 1. The first-order valence-electron chi connectivity index (χ1n) is 4.73. The second kappa shape index (κ2) is 5.46. The van der Waals surface area contributed by atoms with Gasteiger partial charge in [-0.05, 0) is 12.3 Å². The zero-order chi connectivity index (χ0) is 8.81. The van der Waals surface area contributed by atoms with E-state index in [4.69, 9.17) is 0 Å². The largest absolute Gasteiger partial charge is 0.300 e. The molecule has 1 fully saturated rings. The van der Waals surface area contributed by atoms with Gasteiger partial charge in [0.05, 0.1) is 0 Å². The first-order valence-corrected chi connectivity index (χ1v) is 5.72. The quantitative estimate of drug-likeness (QED) is 0.540. The molecule has 0 aromatic heterocycles. The Kier molecular flexibility index (Phi) is 4.51. The van der Waals surface area contributed by atoms with Gasteiger partial charge in [0, 0.05) is 12.2 Å². The summed E-state index contributed by atoms with van der Waals surface area (Å²) in [6.45, 7) is 2.21. The van der Waals surface area contributed by atoms with Gasteiger partial charge in [-0.2, -0.15) is 0 Å². The van der Waals surface area contributed by atoms with Crippen LogP contribution in [0, 0.1) is 5.92 Å². The third-order valence-electron chi connectivity index (χ3n) is 2.20. The van der Waals surface area contributed by atoms with E-state index in [0.717, 1.165) is 12.2 Å². The molecule has 0 aliphatic carbocycles. The van der Waals surface area contributed by atoms with Crippen LogP contribution in [0.3, 0.4) is 0 Å². The first-order chi connectivity index (χ1) is 5.83. The van der Waals surface area contributed by atoms with Crippen molar-refractivity contribution in [3.05, 3.63) is 0 Å². The first kappa shape index (κ1) is 9.90. The third-order valence-corrected chi connectivity index (χ3v) is 3.21. The molecule has 70 valence electrons. The molecule has 1 atom stereocenters. The molecule has 1 amide bonds. The standard InChI is InChI=1S/C9H17NOS/c1-2-3-4-5-8-6-9(11)10-12-7-8/h8H,2-7H2,1H3,(H,10,11). The van der Waals surface area contributed by atoms with Crippen molar-refractivity contribution in [1.29, 1.82) is 0 Å². The van der Waals surface area contributed by atoms with Crippen LogP contribution in [0.25, 0.3) is 0 Å². The minimum atomic E-state index is 0.216. The van der Waals surface area contributed by atoms with Crippen LogP contribution in [-0.2, 0) is 4.79 Å². The van der Waals surface area contributed by atoms with Gasteiger partial charge >= 0.3 is 0 Å². The van der Waals surface area contributed by atoms with Crippen LogP contribution in [0.4, 0.5) is 0 Å². The highest BCUT2D eigenvalue weighted by Gasteiger charge is 2.18. The Bertz CT molecular complexity index is 149. The van der Waals surface area contributed by atoms with Gasteiger partial charge < -0.3 is 4.72 Å². The third kappa shape index (κ3) is 3.48. The highest BCUT2D eigenvalue weighted by molar-refractivity contribution is 7.98. The molecule has 12 heavy (non-hydrogen) atoms. The predicted molar refractivity (Wildman–Crippen MR) is 52.8 cm³/mol. The second-order valence-electron chi connectivity index (χ2n) is 3.40. The summed E-state index contributed by atoms with van der Waals surface area (Å²) in [6, 6.07) is 0. The molecule has 1 aliphatic rings. The van der Waals surface area contributed by atoms with Crippen LogP contribution in [0.5, 0.6) is 0 Å². The fourth-order valence-electron chi connectivity index (χ4n) is 1.47. The Balaban J connectivity index is 2.10. The van der Waals surface area contributed by atoms with Crippen LogP contribution in [0.2, 0.25) is 0 Å². The van der Waals surface area contributed by atoms with E-state index in [1.165, 1.54) is 25.7 Å². The van der Waals surface area contributed by atoms with Gasteiger partial charge in [-0.25, -0.2) is 0 Å². The number of rotatable bonds is 4. The van der Waals surface area contributed by atoms with Crippen LogP contribution in [-0.4, -0.2) is 11.7 Å². The van der Waals surface area contributed by atoms with E-state index in [2.05, 4.69) is 11.6 Å². The maximum Gasteiger partial charge on any atom is 0.230 e. The van der Waals surface area contributed by atoms with Gasteiger partial charge in [0.1, 0.15) is 0 Å². The van der Waals surface area contributed by atoms with Gasteiger partial charge in [0.25, 0.3) is 0 Å². The normalized spacial score (nSPS) is 23.8. The Morgan fingerprint density at radius 2 is 2.42 bits per heavy atom. The highest BCUT2D eigenvalue weighted by Crippen LogP contribution is 2.21. The van der Waals surface area contributed by atoms with Crippen molar-refractivity contribution in [1.82, 2.24) is 4.72 Å². The van der Waals surface area contributed by atoms with Crippen LogP contribution in [0.1, 0.15) is 39.0 Å². The molecule has 1 unspecified atom stereocenters. The van der Waals surface area contributed by atoms with Crippen molar-refractivity contribution < 1.29 is 4.79 Å². The van der Waals surface area contributed by atoms with Gasteiger partial charge in [0.15, 0.2) is 0 Å². The summed E-state index contributed by atoms with van der Waals surface area (Å²) in [5.74, 6) is 1.96. The summed E-state index contributed by atoms with van der Waals surface area (Å²) >= 11 is 1.57. The molecule has 0 spiro atoms. The topological polar surface area (TPSA) is 29.1 Å². The summed E-state index contributed by atoms with van der Waals surface area (Å²) in [7, 11) is 0. The molecule has 2 nitrogen and oxygen atoms in total. The monoisotopic (exact) mass is 187 g/mol. The van der Waals surface area contributed by atoms with E-state index < -0.39 is 0 Å². The van der Waals surface area contributed by atoms with Crippen LogP contribution in [0.15, 0.2) is 0 Å². The average Bonchev–Trinajstić information content (AvgIpc) is 2.05. The lowest BCUT2D eigenvalue weighted by molar-refractivity contribution is -0.120. The molecule has 0 bridgehead atoms. The molecule has 1 N–H and O–H groups in total. The van der Waals surface area contributed by atoms with E-state index in [1.54, 1.807) is 11.9 Å². The van der Waals surface area contributed by atoms with Gasteiger partial charge in [-0.1, -0.05) is 38.1 Å². The maximum atomic E-state index is 11.0. The van der Waals surface area contributed by atoms with E-state index in [0.29, 0.717) is 5.92 Å². The second-order valence-corrected chi connectivity index (χ2v) is 4.23. The minimum absolute atomic E-state index is 0.216. The summed E-state index contributed by atoms with van der Waals surface area (Å²) in [5.41, 5.74) is 0. The summed E-state index contributed by atoms with van der Waals surface area (Å²) < 4.78 is 2.78. The molecule has 1 aliphatic heterocycles. The van der Waals surface area contributed by atoms with E-state index in [9.17, 15) is 4.79 Å². The Labute approximate surface area is 78.6 Å². The number of unbranched alkanes of at least 4 members (excludes halogenated alkanes) is 2. The molecule has 1 saturated heterocycles. The van der Waals surface area contributed by atoms with Gasteiger partial charge in [-0.3, -0.25) is 4.79 Å². The van der Waals surface area contributed by atoms with Crippen molar-refractivity contribution in [2.75, 3.05) is 5.75 Å². The minimum Gasteiger partial charge on any atom is -0.300 e. The number of nitrogens with one attached hydrogen (secondary N) is 1. The SMILES string of the molecule is CCCCCC1CSNC(=O)C1. The smallest absolute Gasteiger partial charge is 0.230 e. The highest BCUT2D eigenvalue weighted by atomic mass is 32.2. The number of carbonyl (C=O) groups excluding carboxylic acids is 1. The number of hydrogen-bond acceptors (Lipinski definition) is 2. The maximum absolute atomic E-state index is 11.0. The fraction of sp³-hybridized carbons (Fsp3) is 0.889. The molecule has 0 aromatic carbocycles. The van der Waals surface area contributed by atoms with E-state index in [-0.39, 0.29) is 5.91 Å². The molecule has 0 radical (unpaired) electrons. The molecule has 0 saturated carbocycles. The van der Waals surface area contributed by atoms with Gasteiger partial charge in [-0.15, -0.1) is 0 Å². The predicted octanol–water partition coefficient (Wildman–Crippen LogP) is 2.35. The van der Waals surface area contributed by atoms with Crippen LogP contribution >= 0.6 is 11.9 Å². The van der Waals surface area contributed by atoms with Crippen molar-refractivity contribution in [2.24, 2.45) is 5.92 Å². The molecule has 1 rings (SSSR count). The number of carbonyl (C=O) groups is 1. The summed E-state index contributed by atoms with van der Waals surface area (Å²) in [5, 5.41) is 0. The summed E-state index contributed by atoms with van der Waals surface area (Å²) in [4.78, 5) is 11.0. The lowest BCUT2D eigenvalue weighted by Gasteiger charge is -2.20. The zero-order valence-corrected chi connectivity index (χ0v) is 8.45. The molecular formula is C9H17NOS. The summed E-state index contributed by atoms with van der Waals surface area (Å²) in [6.07, 6.45) is 5.84. The number of hydrogen-bond donors (Lipinski definition) is 1. The van der Waals surface area contributed by atoms with Crippen molar-refractivity contribution in [2.45, 2.75) is 39.0 Å². The van der Waals surface area contributed by atoms with Crippen LogP contribution < -0.4 is 4.72 Å².